The van der Waals surface area contributed by atoms with Gasteiger partial charge in [0.2, 0.25) is 0 Å². The van der Waals surface area contributed by atoms with Gasteiger partial charge in [0.05, 0.1) is 25.3 Å². The molecule has 4 aromatic rings. The summed E-state index contributed by atoms with van der Waals surface area (Å²) in [6, 6.07) is 13.7. The Morgan fingerprint density at radius 2 is 1.11 bits per heavy atom. The molecular formula is C26H20CuN2O6. The number of nitrogens with zero attached hydrogens (tertiary/aromatic N) is 2. The first-order valence-corrected chi connectivity index (χ1v) is 10.0. The number of pyridine rings is 2. The Bertz CT molecular complexity index is 1290. The number of hydrogen-bond acceptors (Lipinski definition) is 8. The Labute approximate surface area is 212 Å². The Morgan fingerprint density at radius 1 is 0.714 bits per heavy atom. The fraction of sp³-hybridized carbons (Fsp3) is 0.0769. The van der Waals surface area contributed by atoms with E-state index in [-0.39, 0.29) is 28.6 Å². The van der Waals surface area contributed by atoms with Crippen LogP contribution in [0.2, 0.25) is 0 Å². The molecule has 4 rings (SSSR count). The zero-order chi connectivity index (χ0) is 24.5. The molecule has 0 aliphatic heterocycles. The van der Waals surface area contributed by atoms with Crippen molar-refractivity contribution in [3.63, 3.8) is 0 Å². The first-order valence-electron chi connectivity index (χ1n) is 10.0. The molecule has 2 heterocycles. The summed E-state index contributed by atoms with van der Waals surface area (Å²) >= 11 is 0. The van der Waals surface area contributed by atoms with Gasteiger partial charge in [0.15, 0.2) is 11.6 Å². The van der Waals surface area contributed by atoms with Gasteiger partial charge < -0.3 is 19.7 Å². The van der Waals surface area contributed by atoms with E-state index in [1.165, 1.54) is 0 Å². The van der Waals surface area contributed by atoms with Crippen LogP contribution in [0.1, 0.15) is 20.7 Å². The summed E-state index contributed by atoms with van der Waals surface area (Å²) in [6.07, 6.45) is 6.04. The maximum atomic E-state index is 11.7. The summed E-state index contributed by atoms with van der Waals surface area (Å²) in [6.45, 7) is 0. The van der Waals surface area contributed by atoms with Crippen LogP contribution in [0.5, 0.6) is 11.5 Å². The first-order chi connectivity index (χ1) is 16.5. The molecular weight excluding hydrogens is 500 g/mol. The smallest absolute Gasteiger partial charge is 0.878 e. The Morgan fingerprint density at radius 3 is 1.46 bits per heavy atom. The molecule has 181 valence electrons. The van der Waals surface area contributed by atoms with Gasteiger partial charge in [-0.3, -0.25) is 19.6 Å². The SMILES string of the molecule is COc1ccc2nccc(C(=O)/C=C\[O-])c2c1.COc1ccc2nccc(C(=O)C=C[O-])c2c1.[Cu+2]. The van der Waals surface area contributed by atoms with E-state index < -0.39 is 0 Å². The third-order valence-electron chi connectivity index (χ3n) is 4.87. The molecule has 0 saturated carbocycles. The van der Waals surface area contributed by atoms with Crippen LogP contribution in [-0.4, -0.2) is 35.8 Å². The summed E-state index contributed by atoms with van der Waals surface area (Å²) in [5.74, 6) is 0.623. The van der Waals surface area contributed by atoms with Crippen LogP contribution in [-0.2, 0) is 17.1 Å². The van der Waals surface area contributed by atoms with Crippen molar-refractivity contribution in [1.29, 1.82) is 0 Å². The van der Waals surface area contributed by atoms with E-state index in [4.69, 9.17) is 9.47 Å². The summed E-state index contributed by atoms with van der Waals surface area (Å²) in [5.41, 5.74) is 2.27. The van der Waals surface area contributed by atoms with E-state index in [0.29, 0.717) is 57.0 Å². The van der Waals surface area contributed by atoms with Gasteiger partial charge in [-0.2, -0.15) is 0 Å². The molecule has 0 fully saturated rings. The van der Waals surface area contributed by atoms with Crippen LogP contribution in [0.4, 0.5) is 0 Å². The summed E-state index contributed by atoms with van der Waals surface area (Å²) in [5, 5.41) is 22.0. The summed E-state index contributed by atoms with van der Waals surface area (Å²) in [7, 11) is 3.10. The van der Waals surface area contributed by atoms with E-state index in [9.17, 15) is 19.8 Å². The molecule has 0 aliphatic rings. The number of fused-ring (bicyclic) bond motifs is 2. The van der Waals surface area contributed by atoms with Gasteiger partial charge in [-0.25, -0.2) is 0 Å². The molecule has 2 aromatic heterocycles. The van der Waals surface area contributed by atoms with E-state index >= 15 is 0 Å². The number of hydrogen-bond donors (Lipinski definition) is 0. The van der Waals surface area contributed by atoms with Gasteiger partial charge in [-0.15, -0.1) is 12.5 Å². The molecule has 0 spiro atoms. The number of aromatic nitrogens is 2. The molecule has 0 amide bonds. The zero-order valence-electron chi connectivity index (χ0n) is 18.7. The van der Waals surface area contributed by atoms with Crippen LogP contribution >= 0.6 is 0 Å². The van der Waals surface area contributed by atoms with Crippen LogP contribution in [0, 0.1) is 0 Å². The molecule has 8 nitrogen and oxygen atoms in total. The number of rotatable bonds is 6. The third kappa shape index (κ3) is 6.44. The topological polar surface area (TPSA) is 124 Å². The van der Waals surface area contributed by atoms with E-state index in [1.54, 1.807) is 75.1 Å². The molecule has 35 heavy (non-hydrogen) atoms. The standard InChI is InChI=1S/2C13H11NO3.Cu/c2*1-17-9-2-3-12-11(8-9)10(4-6-14-12)13(16)5-7-15;/h2*2-8,15H,1H3;/q;;+2/p-2/b7-5-;;. The second-order valence-corrected chi connectivity index (χ2v) is 6.82. The van der Waals surface area contributed by atoms with Crippen molar-refractivity contribution >= 4 is 33.4 Å². The average Bonchev–Trinajstić information content (AvgIpc) is 2.87. The Hall–Kier alpha value is -4.20. The van der Waals surface area contributed by atoms with Crippen molar-refractivity contribution in [2.75, 3.05) is 14.2 Å². The molecule has 9 heteroatoms. The quantitative estimate of drug-likeness (QED) is 0.165. The second-order valence-electron chi connectivity index (χ2n) is 6.82. The maximum absolute atomic E-state index is 11.7. The third-order valence-corrected chi connectivity index (χ3v) is 4.87. The zero-order valence-corrected chi connectivity index (χ0v) is 19.7. The molecule has 1 radical (unpaired) electrons. The van der Waals surface area contributed by atoms with Crippen molar-refractivity contribution in [1.82, 2.24) is 9.97 Å². The minimum atomic E-state index is -0.333. The summed E-state index contributed by atoms with van der Waals surface area (Å²) < 4.78 is 10.2. The number of methoxy groups -OCH3 is 2. The molecule has 2 aromatic carbocycles. The average molecular weight is 520 g/mol. The van der Waals surface area contributed by atoms with E-state index in [2.05, 4.69) is 9.97 Å². The molecule has 0 aliphatic carbocycles. The maximum Gasteiger partial charge on any atom is 2.00 e. The summed E-state index contributed by atoms with van der Waals surface area (Å²) in [4.78, 5) is 31.7. The number of benzene rings is 2. The molecule has 0 N–H and O–H groups in total. The van der Waals surface area contributed by atoms with Crippen LogP contribution in [0.15, 0.2) is 85.6 Å². The number of carbonyl (C=O) groups excluding carboxylic acids is 2. The molecule has 0 unspecified atom stereocenters. The first kappa shape index (κ1) is 27.0. The van der Waals surface area contributed by atoms with E-state index in [1.807, 2.05) is 0 Å². The van der Waals surface area contributed by atoms with Crippen molar-refractivity contribution < 1.29 is 46.3 Å². The Kier molecular flexibility index (Phi) is 9.96. The van der Waals surface area contributed by atoms with Gasteiger partial charge in [0.1, 0.15) is 11.5 Å². The van der Waals surface area contributed by atoms with E-state index in [0.717, 1.165) is 12.2 Å². The monoisotopic (exact) mass is 519 g/mol. The normalized spacial score (nSPS) is 10.6. The van der Waals surface area contributed by atoms with Crippen LogP contribution in [0.3, 0.4) is 0 Å². The fourth-order valence-electron chi connectivity index (χ4n) is 3.24. The minimum absolute atomic E-state index is 0. The van der Waals surface area contributed by atoms with Gasteiger partial charge in [-0.1, -0.05) is 0 Å². The molecule has 0 saturated heterocycles. The van der Waals surface area contributed by atoms with Gasteiger partial charge in [-0.05, 0) is 60.7 Å². The molecule has 0 atom stereocenters. The number of ketones is 2. The number of carbonyl (C=O) groups is 2. The van der Waals surface area contributed by atoms with Crippen molar-refractivity contribution in [3.8, 4) is 11.5 Å². The van der Waals surface area contributed by atoms with Crippen molar-refractivity contribution in [2.45, 2.75) is 0 Å². The van der Waals surface area contributed by atoms with Crippen LogP contribution in [0.25, 0.3) is 21.8 Å². The van der Waals surface area contributed by atoms with Gasteiger partial charge in [0.25, 0.3) is 0 Å². The Balaban J connectivity index is 0.000000240. The van der Waals surface area contributed by atoms with Gasteiger partial charge >= 0.3 is 17.1 Å². The van der Waals surface area contributed by atoms with Crippen LogP contribution < -0.4 is 19.7 Å². The van der Waals surface area contributed by atoms with Crippen molar-refractivity contribution in [2.24, 2.45) is 0 Å². The minimum Gasteiger partial charge on any atom is -0.878 e. The number of allylic oxidation sites excluding steroid dienone is 2. The predicted molar refractivity (Wildman–Crippen MR) is 124 cm³/mol. The van der Waals surface area contributed by atoms with Crippen molar-refractivity contribution in [3.05, 3.63) is 96.7 Å². The predicted octanol–water partition coefficient (Wildman–Crippen LogP) is 2.60. The molecule has 0 bridgehead atoms. The van der Waals surface area contributed by atoms with Gasteiger partial charge in [0, 0.05) is 34.3 Å². The second kappa shape index (κ2) is 12.9. The number of ether oxygens (including phenoxy) is 2. The largest absolute Gasteiger partial charge is 2.00 e. The fourth-order valence-corrected chi connectivity index (χ4v) is 3.24.